The van der Waals surface area contributed by atoms with Crippen LogP contribution in [0.3, 0.4) is 0 Å². The molecule has 1 atom stereocenters. The van der Waals surface area contributed by atoms with Crippen LogP contribution in [0, 0.1) is 18.7 Å². The number of benzene rings is 1. The van der Waals surface area contributed by atoms with E-state index in [0.717, 1.165) is 45.7 Å². The lowest BCUT2D eigenvalue weighted by Gasteiger charge is -2.30. The molecule has 0 bridgehead atoms. The number of carbonyl (C=O) groups excluding carboxylic acids is 1. The Morgan fingerprint density at radius 2 is 2.25 bits per heavy atom. The number of nitrogens with zero attached hydrogens (tertiary/aromatic N) is 3. The van der Waals surface area contributed by atoms with Gasteiger partial charge in [0, 0.05) is 19.6 Å². The fourth-order valence-electron chi connectivity index (χ4n) is 3.76. The Bertz CT molecular complexity index is 1020. The zero-order chi connectivity index (χ0) is 19.7. The minimum atomic E-state index is -0.262. The summed E-state index contributed by atoms with van der Waals surface area (Å²) >= 11 is 1.42. The smallest absolute Gasteiger partial charge is 0.264 e. The van der Waals surface area contributed by atoms with Crippen molar-refractivity contribution in [2.75, 3.05) is 18.4 Å². The van der Waals surface area contributed by atoms with Crippen molar-refractivity contribution in [3.63, 3.8) is 0 Å². The third kappa shape index (κ3) is 3.71. The summed E-state index contributed by atoms with van der Waals surface area (Å²) in [5, 5.41) is 4.15. The highest BCUT2D eigenvalue weighted by Crippen LogP contribution is 2.34. The Morgan fingerprint density at radius 1 is 1.39 bits per heavy atom. The molecule has 3 aromatic rings. The van der Waals surface area contributed by atoms with Gasteiger partial charge in [-0.1, -0.05) is 19.1 Å². The van der Waals surface area contributed by atoms with Gasteiger partial charge in [-0.2, -0.15) is 0 Å². The summed E-state index contributed by atoms with van der Waals surface area (Å²) in [4.78, 5) is 25.3. The summed E-state index contributed by atoms with van der Waals surface area (Å²) in [6.07, 6.45) is 3.73. The number of likely N-dealkylation sites (tertiary alicyclic amines) is 1. The summed E-state index contributed by atoms with van der Waals surface area (Å²) in [5.74, 6) is 1.04. The number of thiophene rings is 1. The fourth-order valence-corrected chi connectivity index (χ4v) is 4.88. The van der Waals surface area contributed by atoms with Gasteiger partial charge in [0.15, 0.2) is 0 Å². The zero-order valence-electron chi connectivity index (χ0n) is 16.0. The molecule has 1 aromatic carbocycles. The molecule has 1 saturated heterocycles. The molecule has 1 aliphatic rings. The highest BCUT2D eigenvalue weighted by atomic mass is 32.1. The molecule has 0 spiro atoms. The van der Waals surface area contributed by atoms with E-state index in [0.29, 0.717) is 18.3 Å². The number of anilines is 1. The minimum Gasteiger partial charge on any atom is -0.365 e. The number of halogens is 1. The zero-order valence-corrected chi connectivity index (χ0v) is 16.9. The van der Waals surface area contributed by atoms with E-state index in [9.17, 15) is 9.18 Å². The van der Waals surface area contributed by atoms with Gasteiger partial charge in [0.05, 0.1) is 10.3 Å². The first kappa shape index (κ1) is 18.8. The lowest BCUT2D eigenvalue weighted by Crippen LogP contribution is -2.38. The van der Waals surface area contributed by atoms with Crippen LogP contribution in [0.2, 0.25) is 0 Å². The van der Waals surface area contributed by atoms with E-state index in [1.807, 2.05) is 17.9 Å². The number of fused-ring (bicyclic) bond motifs is 1. The molecule has 146 valence electrons. The average Bonchev–Trinajstić information content (AvgIpc) is 3.03. The molecule has 5 nitrogen and oxygen atoms in total. The predicted octanol–water partition coefficient (Wildman–Crippen LogP) is 4.62. The number of nitrogens with one attached hydrogen (secondary N) is 1. The van der Waals surface area contributed by atoms with Crippen molar-refractivity contribution in [2.24, 2.45) is 5.92 Å². The Morgan fingerprint density at radius 3 is 3.04 bits per heavy atom. The molecule has 0 aliphatic carbocycles. The van der Waals surface area contributed by atoms with Gasteiger partial charge in [-0.3, -0.25) is 4.79 Å². The molecule has 2 aromatic heterocycles. The van der Waals surface area contributed by atoms with Crippen LogP contribution < -0.4 is 5.32 Å². The Labute approximate surface area is 167 Å². The van der Waals surface area contributed by atoms with Crippen molar-refractivity contribution >= 4 is 33.3 Å². The Kier molecular flexibility index (Phi) is 5.26. The third-order valence-corrected chi connectivity index (χ3v) is 6.40. The monoisotopic (exact) mass is 398 g/mol. The van der Waals surface area contributed by atoms with Gasteiger partial charge < -0.3 is 10.2 Å². The topological polar surface area (TPSA) is 58.1 Å². The fraction of sp³-hybridized carbons (Fsp3) is 0.381. The molecule has 1 fully saturated rings. The standard InChI is InChI=1S/C21H23FN4OS/c1-13-5-4-8-26(11-13)21(27)18-14(2)17-19(24-12-25-20(17)28-18)23-10-15-6-3-7-16(22)9-15/h3,6-7,9,12-13H,4-5,8,10-11H2,1-2H3,(H,23,24,25). The van der Waals surface area contributed by atoms with Crippen molar-refractivity contribution in [1.29, 1.82) is 0 Å². The second-order valence-corrected chi connectivity index (χ2v) is 8.44. The number of aryl methyl sites for hydroxylation is 1. The highest BCUT2D eigenvalue weighted by Gasteiger charge is 2.26. The molecule has 1 amide bonds. The molecule has 28 heavy (non-hydrogen) atoms. The summed E-state index contributed by atoms with van der Waals surface area (Å²) in [5.41, 5.74) is 1.74. The molecular formula is C21H23FN4OS. The van der Waals surface area contributed by atoms with E-state index in [-0.39, 0.29) is 11.7 Å². The molecule has 4 rings (SSSR count). The van der Waals surface area contributed by atoms with Gasteiger partial charge in [-0.15, -0.1) is 11.3 Å². The van der Waals surface area contributed by atoms with Gasteiger partial charge in [0.25, 0.3) is 5.91 Å². The van der Waals surface area contributed by atoms with E-state index in [4.69, 9.17) is 0 Å². The van der Waals surface area contributed by atoms with E-state index >= 15 is 0 Å². The third-order valence-electron chi connectivity index (χ3n) is 5.21. The van der Waals surface area contributed by atoms with Crippen LogP contribution in [-0.2, 0) is 6.54 Å². The van der Waals surface area contributed by atoms with Crippen LogP contribution in [-0.4, -0.2) is 33.9 Å². The van der Waals surface area contributed by atoms with Crippen molar-refractivity contribution in [1.82, 2.24) is 14.9 Å². The first-order chi connectivity index (χ1) is 13.5. The van der Waals surface area contributed by atoms with E-state index < -0.39 is 0 Å². The maximum absolute atomic E-state index is 13.4. The summed E-state index contributed by atoms with van der Waals surface area (Å²) in [6.45, 7) is 6.22. The van der Waals surface area contributed by atoms with Crippen LogP contribution in [0.25, 0.3) is 10.2 Å². The summed E-state index contributed by atoms with van der Waals surface area (Å²) in [6, 6.07) is 6.47. The van der Waals surface area contributed by atoms with E-state index in [2.05, 4.69) is 22.2 Å². The summed E-state index contributed by atoms with van der Waals surface area (Å²) < 4.78 is 13.4. The van der Waals surface area contributed by atoms with Gasteiger partial charge in [0.1, 0.15) is 22.8 Å². The first-order valence-corrected chi connectivity index (χ1v) is 10.4. The van der Waals surface area contributed by atoms with Crippen LogP contribution in [0.1, 0.15) is 40.6 Å². The number of piperidine rings is 1. The lowest BCUT2D eigenvalue weighted by molar-refractivity contribution is 0.0687. The molecular weight excluding hydrogens is 375 g/mol. The number of aromatic nitrogens is 2. The number of hydrogen-bond acceptors (Lipinski definition) is 5. The molecule has 0 radical (unpaired) electrons. The van der Waals surface area contributed by atoms with Crippen molar-refractivity contribution in [2.45, 2.75) is 33.2 Å². The number of carbonyl (C=O) groups is 1. The number of rotatable bonds is 4. The Hall–Kier alpha value is -2.54. The minimum absolute atomic E-state index is 0.0862. The quantitative estimate of drug-likeness (QED) is 0.697. The molecule has 3 heterocycles. The van der Waals surface area contributed by atoms with E-state index in [1.54, 1.807) is 6.07 Å². The van der Waals surface area contributed by atoms with Crippen LogP contribution in [0.15, 0.2) is 30.6 Å². The molecule has 7 heteroatoms. The first-order valence-electron chi connectivity index (χ1n) is 9.54. The van der Waals surface area contributed by atoms with Gasteiger partial charge >= 0.3 is 0 Å². The van der Waals surface area contributed by atoms with Crippen molar-refractivity contribution < 1.29 is 9.18 Å². The van der Waals surface area contributed by atoms with Gasteiger partial charge in [-0.25, -0.2) is 14.4 Å². The highest BCUT2D eigenvalue weighted by molar-refractivity contribution is 7.20. The van der Waals surface area contributed by atoms with Crippen molar-refractivity contribution in [3.05, 3.63) is 52.4 Å². The lowest BCUT2D eigenvalue weighted by atomic mass is 10.00. The number of hydrogen-bond donors (Lipinski definition) is 1. The maximum atomic E-state index is 13.4. The van der Waals surface area contributed by atoms with Gasteiger partial charge in [-0.05, 0) is 48.9 Å². The largest absolute Gasteiger partial charge is 0.365 e. The summed E-state index contributed by atoms with van der Waals surface area (Å²) in [7, 11) is 0. The normalized spacial score (nSPS) is 17.1. The second-order valence-electron chi connectivity index (χ2n) is 7.44. The molecule has 1 unspecified atom stereocenters. The van der Waals surface area contributed by atoms with Crippen molar-refractivity contribution in [3.8, 4) is 0 Å². The van der Waals surface area contributed by atoms with Crippen LogP contribution in [0.4, 0.5) is 10.2 Å². The maximum Gasteiger partial charge on any atom is 0.264 e. The SMILES string of the molecule is Cc1c(C(=O)N2CCCC(C)C2)sc2ncnc(NCc3cccc(F)c3)c12. The van der Waals surface area contributed by atoms with E-state index in [1.165, 1.54) is 36.2 Å². The number of amides is 1. The molecule has 0 saturated carbocycles. The van der Waals surface area contributed by atoms with Crippen LogP contribution >= 0.6 is 11.3 Å². The Balaban J connectivity index is 1.62. The van der Waals surface area contributed by atoms with Crippen LogP contribution in [0.5, 0.6) is 0 Å². The average molecular weight is 399 g/mol. The molecule has 1 N–H and O–H groups in total. The second kappa shape index (κ2) is 7.83. The van der Waals surface area contributed by atoms with Gasteiger partial charge in [0.2, 0.25) is 0 Å². The molecule has 1 aliphatic heterocycles. The predicted molar refractivity (Wildman–Crippen MR) is 110 cm³/mol.